The maximum absolute atomic E-state index is 11.5. The van der Waals surface area contributed by atoms with E-state index in [9.17, 15) is 14.4 Å². The van der Waals surface area contributed by atoms with Crippen molar-refractivity contribution in [2.45, 2.75) is 62.2 Å². The minimum atomic E-state index is -2.20. The van der Waals surface area contributed by atoms with Gasteiger partial charge in [-0.05, 0) is 6.92 Å². The Labute approximate surface area is 164 Å². The predicted octanol–water partition coefficient (Wildman–Crippen LogP) is 1.89. The lowest BCUT2D eigenvalue weighted by Gasteiger charge is -2.43. The fraction of sp³-hybridized carbons (Fsp3) is 0.714. The molecule has 1 saturated heterocycles. The van der Waals surface area contributed by atoms with Crippen LogP contribution in [0.15, 0.2) is 0 Å². The van der Waals surface area contributed by atoms with E-state index in [1.54, 1.807) is 0 Å². The van der Waals surface area contributed by atoms with E-state index in [1.807, 2.05) is 0 Å². The van der Waals surface area contributed by atoms with Crippen LogP contribution in [-0.2, 0) is 38.1 Å². The molecule has 9 nitrogen and oxygen atoms in total. The second-order valence-corrected chi connectivity index (χ2v) is 7.66. The van der Waals surface area contributed by atoms with E-state index in [1.165, 1.54) is 6.92 Å². The Morgan fingerprint density at radius 3 is 1.69 bits per heavy atom. The van der Waals surface area contributed by atoms with Crippen LogP contribution in [0, 0.1) is 5.41 Å². The van der Waals surface area contributed by atoms with Crippen molar-refractivity contribution in [3.8, 4) is 0 Å². The van der Waals surface area contributed by atoms with Crippen molar-refractivity contribution in [1.82, 2.24) is 0 Å². The summed E-state index contributed by atoms with van der Waals surface area (Å²) in [6, 6.07) is 0. The molecule has 0 amide bonds. The van der Waals surface area contributed by atoms with Gasteiger partial charge in [0.05, 0.1) is 6.10 Å². The van der Waals surface area contributed by atoms with Gasteiger partial charge in [0.15, 0.2) is 12.2 Å². The van der Waals surface area contributed by atoms with E-state index in [-0.39, 0.29) is 0 Å². The Morgan fingerprint density at radius 2 is 1.27 bits per heavy atom. The third-order valence-electron chi connectivity index (χ3n) is 3.12. The zero-order valence-electron chi connectivity index (χ0n) is 14.3. The Kier molecular flexibility index (Phi) is 7.94. The van der Waals surface area contributed by atoms with E-state index < -0.39 is 58.3 Å². The van der Waals surface area contributed by atoms with Crippen LogP contribution < -0.4 is 0 Å². The Balaban J connectivity index is 3.21. The van der Waals surface area contributed by atoms with Crippen LogP contribution in [0.25, 0.3) is 0 Å². The molecule has 0 saturated carbocycles. The molecule has 0 radical (unpaired) electrons. The van der Waals surface area contributed by atoms with Crippen LogP contribution in [-0.4, -0.2) is 58.3 Å². The summed E-state index contributed by atoms with van der Waals surface area (Å²) in [6.07, 6.45) is -6.05. The molecule has 1 rings (SSSR count). The quantitative estimate of drug-likeness (QED) is 0.234. The van der Waals surface area contributed by atoms with Gasteiger partial charge in [0.2, 0.25) is 18.3 Å². The summed E-state index contributed by atoms with van der Waals surface area (Å²) in [7, 11) is 0. The van der Waals surface area contributed by atoms with Crippen molar-refractivity contribution < 1.29 is 38.1 Å². The predicted molar refractivity (Wildman–Crippen MR) is 90.1 cm³/mol. The van der Waals surface area contributed by atoms with Gasteiger partial charge in [-0.2, -0.15) is 0 Å². The van der Waals surface area contributed by atoms with Crippen molar-refractivity contribution in [2.24, 2.45) is 0 Å². The molecule has 0 aromatic carbocycles. The van der Waals surface area contributed by atoms with E-state index in [2.05, 4.69) is 0 Å². The third kappa shape index (κ3) is 6.46. The first-order valence-electron chi connectivity index (χ1n) is 7.32. The normalized spacial score (nSPS) is 28.7. The molecule has 5 atom stereocenters. The molecule has 1 N–H and O–H groups in total. The highest BCUT2D eigenvalue weighted by atomic mass is 35.6. The second-order valence-electron chi connectivity index (χ2n) is 5.38. The highest BCUT2D eigenvalue weighted by molar-refractivity contribution is 6.76. The SMILES string of the molecule is CC(=O)O[C@@H]1[C@@H](OC(C)=O)[C@@H](OC(C)=O)C(OC(=N)C(Cl)(Cl)Cl)O[C@H]1C. The lowest BCUT2D eigenvalue weighted by molar-refractivity contribution is -0.284. The van der Waals surface area contributed by atoms with Crippen molar-refractivity contribution in [1.29, 1.82) is 5.41 Å². The lowest BCUT2D eigenvalue weighted by atomic mass is 9.99. The molecular weight excluding hydrogens is 417 g/mol. The van der Waals surface area contributed by atoms with Crippen LogP contribution in [0.2, 0.25) is 0 Å². The average Bonchev–Trinajstić information content (AvgIpc) is 2.44. The maximum atomic E-state index is 11.5. The van der Waals surface area contributed by atoms with Crippen LogP contribution in [0.3, 0.4) is 0 Å². The number of hydrogen-bond acceptors (Lipinski definition) is 9. The summed E-state index contributed by atoms with van der Waals surface area (Å²) < 4.78 is 23.9. The van der Waals surface area contributed by atoms with Crippen molar-refractivity contribution >= 4 is 58.6 Å². The Bertz CT molecular complexity index is 579. The molecule has 0 aliphatic carbocycles. The molecule has 12 heteroatoms. The molecule has 1 unspecified atom stereocenters. The number of hydrogen-bond donors (Lipinski definition) is 1. The first-order valence-corrected chi connectivity index (χ1v) is 8.45. The molecule has 1 heterocycles. The highest BCUT2D eigenvalue weighted by Gasteiger charge is 2.52. The molecule has 1 aliphatic rings. The Morgan fingerprint density at radius 1 is 0.846 bits per heavy atom. The molecule has 1 aliphatic heterocycles. The summed E-state index contributed by atoms with van der Waals surface area (Å²) >= 11 is 16.7. The van der Waals surface area contributed by atoms with E-state index in [0.29, 0.717) is 0 Å². The number of esters is 3. The molecule has 1 fully saturated rings. The van der Waals surface area contributed by atoms with Crippen LogP contribution >= 0.6 is 34.8 Å². The zero-order valence-corrected chi connectivity index (χ0v) is 16.6. The molecule has 148 valence electrons. The van der Waals surface area contributed by atoms with Gasteiger partial charge in [-0.15, -0.1) is 0 Å². The highest BCUT2D eigenvalue weighted by Crippen LogP contribution is 2.33. The van der Waals surface area contributed by atoms with Gasteiger partial charge >= 0.3 is 17.9 Å². The molecule has 0 spiro atoms. The van der Waals surface area contributed by atoms with Crippen LogP contribution in [0.5, 0.6) is 0 Å². The summed E-state index contributed by atoms with van der Waals surface area (Å²) in [5.41, 5.74) is 0. The van der Waals surface area contributed by atoms with Crippen molar-refractivity contribution in [3.63, 3.8) is 0 Å². The number of ether oxygens (including phenoxy) is 5. The lowest BCUT2D eigenvalue weighted by Crippen LogP contribution is -2.61. The van der Waals surface area contributed by atoms with Gasteiger partial charge < -0.3 is 23.7 Å². The molecule has 0 aromatic heterocycles. The minimum Gasteiger partial charge on any atom is -0.456 e. The van der Waals surface area contributed by atoms with Gasteiger partial charge in [0, 0.05) is 20.8 Å². The first-order chi connectivity index (χ1) is 11.8. The summed E-state index contributed by atoms with van der Waals surface area (Å²) in [4.78, 5) is 34.3. The molecular formula is C14H18Cl3NO8. The third-order valence-corrected chi connectivity index (χ3v) is 3.64. The van der Waals surface area contributed by atoms with Crippen LogP contribution in [0.1, 0.15) is 27.7 Å². The summed E-state index contributed by atoms with van der Waals surface area (Å²) in [5, 5.41) is 7.65. The topological polar surface area (TPSA) is 121 Å². The fourth-order valence-corrected chi connectivity index (χ4v) is 2.38. The van der Waals surface area contributed by atoms with Crippen molar-refractivity contribution in [2.75, 3.05) is 0 Å². The van der Waals surface area contributed by atoms with Gasteiger partial charge in [-0.1, -0.05) is 34.8 Å². The van der Waals surface area contributed by atoms with Gasteiger partial charge in [-0.25, -0.2) is 0 Å². The number of halogens is 3. The second kappa shape index (κ2) is 9.07. The van der Waals surface area contributed by atoms with E-state index in [0.717, 1.165) is 20.8 Å². The average molecular weight is 435 g/mol. The van der Waals surface area contributed by atoms with Gasteiger partial charge in [0.1, 0.15) is 0 Å². The Hall–Kier alpha value is -1.29. The number of alkyl halides is 3. The van der Waals surface area contributed by atoms with E-state index in [4.69, 9.17) is 63.9 Å². The molecule has 0 aromatic rings. The number of carbonyl (C=O) groups excluding carboxylic acids is 3. The smallest absolute Gasteiger partial charge is 0.303 e. The van der Waals surface area contributed by atoms with E-state index >= 15 is 0 Å². The minimum absolute atomic E-state index is 0.669. The number of carbonyl (C=O) groups is 3. The zero-order chi connectivity index (χ0) is 20.2. The molecule has 0 bridgehead atoms. The monoisotopic (exact) mass is 433 g/mol. The fourth-order valence-electron chi connectivity index (χ4n) is 2.25. The largest absolute Gasteiger partial charge is 0.456 e. The van der Waals surface area contributed by atoms with Gasteiger partial charge in [0.25, 0.3) is 3.79 Å². The van der Waals surface area contributed by atoms with Crippen LogP contribution in [0.4, 0.5) is 0 Å². The van der Waals surface area contributed by atoms with Crippen molar-refractivity contribution in [3.05, 3.63) is 0 Å². The number of rotatable bonds is 4. The van der Waals surface area contributed by atoms with Gasteiger partial charge in [-0.3, -0.25) is 19.8 Å². The number of nitrogens with one attached hydrogen (secondary N) is 1. The first kappa shape index (κ1) is 22.8. The molecule has 26 heavy (non-hydrogen) atoms. The standard InChI is InChI=1S/C14H18Cl3NO8/c1-5-9(23-6(2)19)10(24-7(3)20)11(25-8(4)21)12(22-5)26-13(18)14(15,16)17/h5,9-12,18H,1-4H3/t5-,9-,10+,11+,12?/m0/s1. The summed E-state index contributed by atoms with van der Waals surface area (Å²) in [5.74, 6) is -2.96. The maximum Gasteiger partial charge on any atom is 0.303 e. The summed E-state index contributed by atoms with van der Waals surface area (Å²) in [6.45, 7) is 4.87.